The number of rotatable bonds is 7. The van der Waals surface area contributed by atoms with Crippen LogP contribution in [0, 0.1) is 11.6 Å². The van der Waals surface area contributed by atoms with Crippen molar-refractivity contribution in [2.45, 2.75) is 61.5 Å². The molecule has 13 nitrogen and oxygen atoms in total. The Bertz CT molecular complexity index is 1870. The van der Waals surface area contributed by atoms with Crippen LogP contribution in [0.5, 0.6) is 5.88 Å². The highest BCUT2D eigenvalue weighted by molar-refractivity contribution is 7.89. The van der Waals surface area contributed by atoms with Gasteiger partial charge in [-0.05, 0) is 56.7 Å². The lowest BCUT2D eigenvalue weighted by atomic mass is 9.92. The summed E-state index contributed by atoms with van der Waals surface area (Å²) < 4.78 is 56.6. The van der Waals surface area contributed by atoms with Gasteiger partial charge in [0.2, 0.25) is 21.9 Å². The second kappa shape index (κ2) is 10.1. The lowest BCUT2D eigenvalue weighted by Gasteiger charge is -2.29. The second-order valence-electron chi connectivity index (χ2n) is 9.92. The minimum absolute atomic E-state index is 0.0695. The van der Waals surface area contributed by atoms with Crippen LogP contribution >= 0.6 is 0 Å². The Labute approximate surface area is 225 Å². The van der Waals surface area contributed by atoms with Crippen LogP contribution in [-0.2, 0) is 10.0 Å². The third-order valence-corrected chi connectivity index (χ3v) is 8.38. The van der Waals surface area contributed by atoms with E-state index in [1.165, 1.54) is 16.8 Å². The van der Waals surface area contributed by atoms with Crippen LogP contribution in [0.4, 0.5) is 14.7 Å². The number of imidazole rings is 1. The monoisotopic (exact) mass is 573 g/mol. The Morgan fingerprint density at radius 1 is 1.07 bits per heavy atom. The number of aromatic hydroxyl groups is 1. The first-order valence-corrected chi connectivity index (χ1v) is 14.2. The smallest absolute Gasteiger partial charge is 0.326 e. The van der Waals surface area contributed by atoms with E-state index in [9.17, 15) is 27.1 Å². The molecule has 0 aliphatic heterocycles. The molecule has 1 aromatic carbocycles. The normalized spacial score (nSPS) is 20.9. The predicted octanol–water partition coefficient (Wildman–Crippen LogP) is 0.437. The highest BCUT2D eigenvalue weighted by Crippen LogP contribution is 2.24. The maximum atomic E-state index is 14.1. The van der Waals surface area contributed by atoms with Crippen LogP contribution in [0.1, 0.15) is 44.2 Å². The largest absolute Gasteiger partial charge is 0.493 e. The summed E-state index contributed by atoms with van der Waals surface area (Å²) >= 11 is 0. The van der Waals surface area contributed by atoms with E-state index in [0.29, 0.717) is 54.2 Å². The third kappa shape index (κ3) is 5.44. The number of nitrogens with one attached hydrogen (secondary N) is 4. The highest BCUT2D eigenvalue weighted by Gasteiger charge is 2.28. The van der Waals surface area contributed by atoms with Crippen molar-refractivity contribution in [3.05, 3.63) is 63.0 Å². The van der Waals surface area contributed by atoms with Gasteiger partial charge in [-0.1, -0.05) is 0 Å². The summed E-state index contributed by atoms with van der Waals surface area (Å²) in [4.78, 5) is 29.5. The van der Waals surface area contributed by atoms with Crippen LogP contribution in [-0.4, -0.2) is 61.2 Å². The summed E-state index contributed by atoms with van der Waals surface area (Å²) in [5, 5.41) is 18.1. The van der Waals surface area contributed by atoms with E-state index in [-0.39, 0.29) is 23.7 Å². The molecule has 0 spiro atoms. The van der Waals surface area contributed by atoms with Gasteiger partial charge in [0.1, 0.15) is 22.2 Å². The Morgan fingerprint density at radius 2 is 1.82 bits per heavy atom. The fourth-order valence-corrected chi connectivity index (χ4v) is 6.02. The van der Waals surface area contributed by atoms with Crippen molar-refractivity contribution in [2.24, 2.45) is 4.99 Å². The molecule has 0 radical (unpaired) electrons. The Kier molecular flexibility index (Phi) is 6.58. The van der Waals surface area contributed by atoms with E-state index in [0.717, 1.165) is 25.0 Å². The lowest BCUT2D eigenvalue weighted by Crippen LogP contribution is -2.40. The number of aromatic amines is 2. The number of nitrogens with zero attached hydrogens (tertiary/aromatic N) is 5. The summed E-state index contributed by atoms with van der Waals surface area (Å²) in [5.41, 5.74) is 0.405. The van der Waals surface area contributed by atoms with Gasteiger partial charge < -0.3 is 15.4 Å². The molecule has 4 aromatic rings. The molecule has 6 rings (SSSR count). The van der Waals surface area contributed by atoms with Gasteiger partial charge in [0.15, 0.2) is 5.65 Å². The van der Waals surface area contributed by atoms with E-state index in [4.69, 9.17) is 0 Å². The molecule has 2 fully saturated rings. The summed E-state index contributed by atoms with van der Waals surface area (Å²) in [6.45, 7) is 0. The van der Waals surface area contributed by atoms with Gasteiger partial charge in [-0.2, -0.15) is 19.6 Å². The molecule has 5 N–H and O–H groups in total. The molecule has 40 heavy (non-hydrogen) atoms. The standard InChI is InChI=1S/C24H25F2N9O4S/c25-13-1-8-19(17(26)10-13)40(38,39)34-16-6-4-14(5-7-16)28-22-31-20-12(9-18-21(36)32-24(37)30-18)11-27-35(20)23(33-22)29-15-2-3-15/h1,8-11,14-16,34,36H,2-7H2,(H,28,29,33)(H2,30,32,37). The molecule has 0 atom stereocenters. The molecule has 0 unspecified atom stereocenters. The number of hydrogen-bond donors (Lipinski definition) is 5. The van der Waals surface area contributed by atoms with Crippen molar-refractivity contribution >= 4 is 27.7 Å². The first-order chi connectivity index (χ1) is 19.1. The number of H-pyrrole nitrogens is 2. The van der Waals surface area contributed by atoms with Gasteiger partial charge in [-0.3, -0.25) is 4.98 Å². The first kappa shape index (κ1) is 26.1. The third-order valence-electron chi connectivity index (χ3n) is 6.82. The van der Waals surface area contributed by atoms with Crippen molar-refractivity contribution in [2.75, 3.05) is 5.32 Å². The SMILES string of the molecule is O=c1[nH]c(O)c(C=c2cnn3c(=NC4CC4)nc(NC4CCC(NS(=O)(=O)c5ccc(F)cc5F)CC4)nc23)[nH]1. The number of fused-ring (bicyclic) bond motifs is 1. The van der Waals surface area contributed by atoms with Gasteiger partial charge in [-0.15, -0.1) is 0 Å². The predicted molar refractivity (Wildman–Crippen MR) is 138 cm³/mol. The van der Waals surface area contributed by atoms with Gasteiger partial charge in [0, 0.05) is 23.4 Å². The van der Waals surface area contributed by atoms with E-state index in [1.807, 2.05) is 0 Å². The van der Waals surface area contributed by atoms with Crippen molar-refractivity contribution in [1.82, 2.24) is 34.3 Å². The maximum absolute atomic E-state index is 14.1. The molecule has 210 valence electrons. The molecule has 0 bridgehead atoms. The molecule has 3 aromatic heterocycles. The van der Waals surface area contributed by atoms with Gasteiger partial charge in [0.25, 0.3) is 5.62 Å². The second-order valence-corrected chi connectivity index (χ2v) is 11.6. The Morgan fingerprint density at radius 3 is 2.50 bits per heavy atom. The van der Waals surface area contributed by atoms with Crippen LogP contribution in [0.2, 0.25) is 0 Å². The number of benzene rings is 1. The van der Waals surface area contributed by atoms with E-state index < -0.39 is 38.3 Å². The summed E-state index contributed by atoms with van der Waals surface area (Å²) in [6.07, 6.45) is 7.10. The van der Waals surface area contributed by atoms with Crippen LogP contribution < -0.4 is 26.6 Å². The fourth-order valence-electron chi connectivity index (χ4n) is 4.66. The lowest BCUT2D eigenvalue weighted by molar-refractivity contribution is 0.385. The molecular formula is C24H25F2N9O4S. The minimum atomic E-state index is -4.15. The van der Waals surface area contributed by atoms with Gasteiger partial charge in [0.05, 0.1) is 12.2 Å². The van der Waals surface area contributed by atoms with Gasteiger partial charge >= 0.3 is 5.69 Å². The zero-order valence-corrected chi connectivity index (χ0v) is 21.8. The molecule has 2 aliphatic carbocycles. The van der Waals surface area contributed by atoms with Gasteiger partial charge in [-0.25, -0.2) is 31.7 Å². The topological polar surface area (TPSA) is 183 Å². The quantitative estimate of drug-likeness (QED) is 0.211. The fraction of sp³-hybridized carbons (Fsp3) is 0.375. The Hall–Kier alpha value is -4.18. The number of hydrogen-bond acceptors (Lipinski definition) is 9. The van der Waals surface area contributed by atoms with Crippen molar-refractivity contribution in [3.63, 3.8) is 0 Å². The van der Waals surface area contributed by atoms with E-state index in [2.05, 4.69) is 40.1 Å². The minimum Gasteiger partial charge on any atom is -0.493 e. The summed E-state index contributed by atoms with van der Waals surface area (Å²) in [7, 11) is -4.15. The highest BCUT2D eigenvalue weighted by atomic mass is 32.2. The van der Waals surface area contributed by atoms with Crippen LogP contribution in [0.15, 0.2) is 39.1 Å². The molecular weight excluding hydrogens is 548 g/mol. The van der Waals surface area contributed by atoms with E-state index >= 15 is 0 Å². The first-order valence-electron chi connectivity index (χ1n) is 12.7. The zero-order valence-electron chi connectivity index (χ0n) is 20.9. The van der Waals surface area contributed by atoms with E-state index in [1.54, 1.807) is 0 Å². The van der Waals surface area contributed by atoms with Crippen molar-refractivity contribution in [1.29, 1.82) is 0 Å². The molecule has 3 heterocycles. The van der Waals surface area contributed by atoms with Crippen LogP contribution in [0.25, 0.3) is 11.7 Å². The number of anilines is 1. The number of sulfonamides is 1. The summed E-state index contributed by atoms with van der Waals surface area (Å²) in [6, 6.07) is 2.03. The number of halogens is 2. The molecule has 2 aliphatic rings. The van der Waals surface area contributed by atoms with Crippen LogP contribution in [0.3, 0.4) is 0 Å². The maximum Gasteiger partial charge on any atom is 0.326 e. The molecule has 2 saturated carbocycles. The zero-order chi connectivity index (χ0) is 28.0. The number of aromatic nitrogens is 6. The van der Waals surface area contributed by atoms with Crippen molar-refractivity contribution in [3.8, 4) is 5.88 Å². The van der Waals surface area contributed by atoms with Crippen molar-refractivity contribution < 1.29 is 22.3 Å². The molecule has 0 amide bonds. The average molecular weight is 574 g/mol. The molecule has 0 saturated heterocycles. The summed E-state index contributed by atoms with van der Waals surface area (Å²) in [5.74, 6) is -1.99. The average Bonchev–Trinajstić information content (AvgIpc) is 3.53. The Balaban J connectivity index is 1.21. The molecule has 16 heteroatoms.